The van der Waals surface area contributed by atoms with Gasteiger partial charge in [-0.15, -0.1) is 0 Å². The van der Waals surface area contributed by atoms with Gasteiger partial charge in [0.25, 0.3) is 0 Å². The van der Waals surface area contributed by atoms with E-state index in [1.165, 1.54) is 12.1 Å². The zero-order chi connectivity index (χ0) is 13.4. The van der Waals surface area contributed by atoms with Crippen molar-refractivity contribution in [3.05, 3.63) is 59.1 Å². The molecule has 0 amide bonds. The number of aromatic nitrogens is 2. The molecule has 3 rings (SSSR count). The highest BCUT2D eigenvalue weighted by atomic mass is 35.5. The van der Waals surface area contributed by atoms with E-state index in [0.29, 0.717) is 27.6 Å². The predicted molar refractivity (Wildman–Crippen MR) is 71.0 cm³/mol. The van der Waals surface area contributed by atoms with Gasteiger partial charge in [-0.05, 0) is 36.4 Å². The second-order valence-corrected chi connectivity index (χ2v) is 4.43. The number of fused-ring (bicyclic) bond motifs is 1. The number of imidazole rings is 1. The number of nitrogens with zero attached hydrogens (tertiary/aromatic N) is 2. The summed E-state index contributed by atoms with van der Waals surface area (Å²) in [5, 5.41) is 0.457. The minimum Gasteiger partial charge on any atom is -0.296 e. The van der Waals surface area contributed by atoms with Crippen molar-refractivity contribution >= 4 is 23.5 Å². The van der Waals surface area contributed by atoms with Crippen LogP contribution in [0.25, 0.3) is 16.9 Å². The van der Waals surface area contributed by atoms with Crippen LogP contribution >= 0.6 is 11.6 Å². The van der Waals surface area contributed by atoms with Gasteiger partial charge < -0.3 is 0 Å². The Morgan fingerprint density at radius 3 is 2.63 bits per heavy atom. The van der Waals surface area contributed by atoms with Crippen LogP contribution in [0, 0.1) is 5.82 Å². The molecule has 0 spiro atoms. The zero-order valence-corrected chi connectivity index (χ0v) is 10.4. The molecule has 2 aromatic heterocycles. The summed E-state index contributed by atoms with van der Waals surface area (Å²) in [4.78, 5) is 15.6. The van der Waals surface area contributed by atoms with Gasteiger partial charge in [0, 0.05) is 11.8 Å². The van der Waals surface area contributed by atoms with Crippen molar-refractivity contribution in [2.24, 2.45) is 0 Å². The molecule has 94 valence electrons. The molecule has 3 nitrogen and oxygen atoms in total. The summed E-state index contributed by atoms with van der Waals surface area (Å²) >= 11 is 6.05. The highest BCUT2D eigenvalue weighted by Gasteiger charge is 2.14. The van der Waals surface area contributed by atoms with Crippen LogP contribution in [-0.2, 0) is 0 Å². The van der Waals surface area contributed by atoms with E-state index in [0.717, 1.165) is 6.29 Å². The molecule has 2 heterocycles. The first-order valence-electron chi connectivity index (χ1n) is 5.58. The Kier molecular flexibility index (Phi) is 2.80. The summed E-state index contributed by atoms with van der Waals surface area (Å²) < 4.78 is 14.6. The maximum atomic E-state index is 12.9. The number of carbonyl (C=O) groups is 1. The molecule has 0 N–H and O–H groups in total. The summed E-state index contributed by atoms with van der Waals surface area (Å²) in [7, 11) is 0. The Labute approximate surface area is 113 Å². The van der Waals surface area contributed by atoms with Gasteiger partial charge in [0.2, 0.25) is 0 Å². The van der Waals surface area contributed by atoms with Crippen molar-refractivity contribution in [2.45, 2.75) is 0 Å². The van der Waals surface area contributed by atoms with E-state index >= 15 is 0 Å². The Morgan fingerprint density at radius 1 is 1.21 bits per heavy atom. The van der Waals surface area contributed by atoms with Gasteiger partial charge in [-0.2, -0.15) is 0 Å². The van der Waals surface area contributed by atoms with Gasteiger partial charge in [0.05, 0.1) is 5.02 Å². The second kappa shape index (κ2) is 4.48. The van der Waals surface area contributed by atoms with Gasteiger partial charge in [-0.25, -0.2) is 9.37 Å². The SMILES string of the molecule is O=Cc1c(-c2ccc(F)cc2)nc2c(Cl)cccn12. The van der Waals surface area contributed by atoms with Gasteiger partial charge in [-0.3, -0.25) is 9.20 Å². The number of benzene rings is 1. The molecule has 0 saturated carbocycles. The molecule has 0 aliphatic heterocycles. The fourth-order valence-corrected chi connectivity index (χ4v) is 2.19. The van der Waals surface area contributed by atoms with Crippen LogP contribution in [-0.4, -0.2) is 15.7 Å². The van der Waals surface area contributed by atoms with Crippen molar-refractivity contribution in [1.82, 2.24) is 9.38 Å². The van der Waals surface area contributed by atoms with Crippen molar-refractivity contribution in [3.8, 4) is 11.3 Å². The van der Waals surface area contributed by atoms with Crippen molar-refractivity contribution in [1.29, 1.82) is 0 Å². The van der Waals surface area contributed by atoms with Crippen molar-refractivity contribution < 1.29 is 9.18 Å². The van der Waals surface area contributed by atoms with Gasteiger partial charge in [0.15, 0.2) is 11.9 Å². The summed E-state index contributed by atoms with van der Waals surface area (Å²) in [6, 6.07) is 9.26. The third kappa shape index (κ3) is 1.90. The molecule has 0 aliphatic carbocycles. The van der Waals surface area contributed by atoms with Crippen LogP contribution in [0.1, 0.15) is 10.5 Å². The Balaban J connectivity index is 2.32. The lowest BCUT2D eigenvalue weighted by atomic mass is 10.1. The minimum atomic E-state index is -0.335. The Hall–Kier alpha value is -2.20. The Bertz CT molecular complexity index is 765. The highest BCUT2D eigenvalue weighted by Crippen LogP contribution is 2.26. The molecule has 3 aromatic rings. The van der Waals surface area contributed by atoms with Crippen LogP contribution in [0.3, 0.4) is 0 Å². The first-order chi connectivity index (χ1) is 9.20. The average Bonchev–Trinajstić information content (AvgIpc) is 2.79. The van der Waals surface area contributed by atoms with E-state index in [9.17, 15) is 9.18 Å². The minimum absolute atomic E-state index is 0.335. The largest absolute Gasteiger partial charge is 0.296 e. The van der Waals surface area contributed by atoms with Crippen LogP contribution in [0.5, 0.6) is 0 Å². The van der Waals surface area contributed by atoms with Gasteiger partial charge >= 0.3 is 0 Å². The predicted octanol–water partition coefficient (Wildman–Crippen LogP) is 3.61. The Morgan fingerprint density at radius 2 is 1.95 bits per heavy atom. The van der Waals surface area contributed by atoms with E-state index < -0.39 is 0 Å². The molecule has 0 fully saturated rings. The molecule has 0 atom stereocenters. The summed E-state index contributed by atoms with van der Waals surface area (Å²) in [5.41, 5.74) is 2.06. The lowest BCUT2D eigenvalue weighted by Crippen LogP contribution is -1.92. The zero-order valence-electron chi connectivity index (χ0n) is 9.68. The molecular formula is C14H8ClFN2O. The second-order valence-electron chi connectivity index (χ2n) is 4.02. The molecular weight excluding hydrogens is 267 g/mol. The molecule has 0 aliphatic rings. The number of aldehydes is 1. The standard InChI is InChI=1S/C14H8ClFN2O/c15-11-2-1-7-18-12(8-19)13(17-14(11)18)9-3-5-10(16)6-4-9/h1-8H. The van der Waals surface area contributed by atoms with E-state index in [1.54, 1.807) is 34.9 Å². The number of rotatable bonds is 2. The van der Waals surface area contributed by atoms with Crippen LogP contribution in [0.15, 0.2) is 42.6 Å². The normalized spacial score (nSPS) is 10.8. The number of carbonyl (C=O) groups excluding carboxylic acids is 1. The number of halogens is 2. The summed E-state index contributed by atoms with van der Waals surface area (Å²) in [6.07, 6.45) is 2.43. The molecule has 0 radical (unpaired) electrons. The van der Waals surface area contributed by atoms with Crippen molar-refractivity contribution in [2.75, 3.05) is 0 Å². The van der Waals surface area contributed by atoms with E-state index in [1.807, 2.05) is 0 Å². The number of hydrogen-bond donors (Lipinski definition) is 0. The first-order valence-corrected chi connectivity index (χ1v) is 5.96. The maximum Gasteiger partial charge on any atom is 0.169 e. The number of hydrogen-bond acceptors (Lipinski definition) is 2. The molecule has 0 bridgehead atoms. The van der Waals surface area contributed by atoms with Gasteiger partial charge in [-0.1, -0.05) is 11.6 Å². The van der Waals surface area contributed by atoms with Crippen LogP contribution in [0.2, 0.25) is 5.02 Å². The molecule has 1 aromatic carbocycles. The lowest BCUT2D eigenvalue weighted by molar-refractivity contribution is 0.111. The summed E-state index contributed by atoms with van der Waals surface area (Å²) in [5.74, 6) is -0.335. The fourth-order valence-electron chi connectivity index (χ4n) is 1.99. The maximum absolute atomic E-state index is 12.9. The first kappa shape index (κ1) is 11.9. The molecule has 5 heteroatoms. The van der Waals surface area contributed by atoms with E-state index in [-0.39, 0.29) is 5.82 Å². The third-order valence-corrected chi connectivity index (χ3v) is 3.16. The van der Waals surface area contributed by atoms with Crippen LogP contribution in [0.4, 0.5) is 4.39 Å². The average molecular weight is 275 g/mol. The molecule has 0 unspecified atom stereocenters. The topological polar surface area (TPSA) is 34.4 Å². The van der Waals surface area contributed by atoms with E-state index in [2.05, 4.69) is 4.98 Å². The van der Waals surface area contributed by atoms with Gasteiger partial charge in [0.1, 0.15) is 17.2 Å². The lowest BCUT2D eigenvalue weighted by Gasteiger charge is -1.98. The molecule has 19 heavy (non-hydrogen) atoms. The molecule has 0 saturated heterocycles. The fraction of sp³-hybridized carbons (Fsp3) is 0. The summed E-state index contributed by atoms with van der Waals surface area (Å²) in [6.45, 7) is 0. The van der Waals surface area contributed by atoms with Crippen molar-refractivity contribution in [3.63, 3.8) is 0 Å². The monoisotopic (exact) mass is 274 g/mol. The van der Waals surface area contributed by atoms with Crippen LogP contribution < -0.4 is 0 Å². The number of pyridine rings is 1. The quantitative estimate of drug-likeness (QED) is 0.669. The smallest absolute Gasteiger partial charge is 0.169 e. The highest BCUT2D eigenvalue weighted by molar-refractivity contribution is 6.33. The van der Waals surface area contributed by atoms with E-state index in [4.69, 9.17) is 11.6 Å². The third-order valence-electron chi connectivity index (χ3n) is 2.87.